The Morgan fingerprint density at radius 1 is 1.39 bits per heavy atom. The SMILES string of the molecule is CON(C(=O)c1cc2c(ncn2CCS(C)(=O)=O)c(F)c1Nc1ccc(Br)cc1Cl)C1CC1. The van der Waals surface area contributed by atoms with E-state index in [9.17, 15) is 13.2 Å². The van der Waals surface area contributed by atoms with Gasteiger partial charge in [0.15, 0.2) is 5.82 Å². The molecule has 176 valence electrons. The molecule has 8 nitrogen and oxygen atoms in total. The van der Waals surface area contributed by atoms with Gasteiger partial charge in [-0.15, -0.1) is 0 Å². The van der Waals surface area contributed by atoms with Crippen molar-refractivity contribution in [2.75, 3.05) is 24.4 Å². The average molecular weight is 560 g/mol. The van der Waals surface area contributed by atoms with Crippen molar-refractivity contribution in [1.82, 2.24) is 14.6 Å². The van der Waals surface area contributed by atoms with Crippen LogP contribution in [0, 0.1) is 5.82 Å². The van der Waals surface area contributed by atoms with E-state index in [0.717, 1.165) is 23.6 Å². The maximum absolute atomic E-state index is 15.7. The number of halogens is 3. The summed E-state index contributed by atoms with van der Waals surface area (Å²) in [4.78, 5) is 22.8. The van der Waals surface area contributed by atoms with Gasteiger partial charge < -0.3 is 9.88 Å². The van der Waals surface area contributed by atoms with E-state index in [2.05, 4.69) is 26.2 Å². The van der Waals surface area contributed by atoms with Crippen LogP contribution in [0.3, 0.4) is 0 Å². The van der Waals surface area contributed by atoms with Gasteiger partial charge in [0.2, 0.25) is 0 Å². The standard InChI is InChI=1S/C21H21BrClFN4O4S/c1-32-28(13-4-5-13)21(29)14-10-17-20(25-11-27(17)7-8-33(2,30)31)18(24)19(14)26-16-6-3-12(22)9-15(16)23/h3,6,9-11,13,26H,4-5,7-8H2,1-2H3. The zero-order valence-corrected chi connectivity index (χ0v) is 21.0. The zero-order valence-electron chi connectivity index (χ0n) is 17.8. The highest BCUT2D eigenvalue weighted by atomic mass is 79.9. The molecule has 0 bridgehead atoms. The fourth-order valence-electron chi connectivity index (χ4n) is 3.44. The molecule has 0 unspecified atom stereocenters. The van der Waals surface area contributed by atoms with Gasteiger partial charge >= 0.3 is 0 Å². The summed E-state index contributed by atoms with van der Waals surface area (Å²) in [6.07, 6.45) is 4.06. The molecule has 0 radical (unpaired) electrons. The number of aryl methyl sites for hydroxylation is 1. The summed E-state index contributed by atoms with van der Waals surface area (Å²) in [5, 5.41) is 4.49. The van der Waals surface area contributed by atoms with Gasteiger partial charge in [-0.05, 0) is 37.1 Å². The molecule has 4 rings (SSSR count). The Morgan fingerprint density at radius 2 is 2.12 bits per heavy atom. The number of fused-ring (bicyclic) bond motifs is 1. The maximum Gasteiger partial charge on any atom is 0.279 e. The van der Waals surface area contributed by atoms with E-state index in [1.165, 1.54) is 29.1 Å². The summed E-state index contributed by atoms with van der Waals surface area (Å²) in [5.74, 6) is -1.42. The molecule has 1 fully saturated rings. The van der Waals surface area contributed by atoms with Crippen LogP contribution in [0.5, 0.6) is 0 Å². The normalized spacial score (nSPS) is 14.0. The number of carbonyl (C=O) groups is 1. The Morgan fingerprint density at radius 3 is 2.73 bits per heavy atom. The molecular formula is C21H21BrClFN4O4S. The molecule has 2 aromatic carbocycles. The Bertz CT molecular complexity index is 1340. The first-order valence-corrected chi connectivity index (χ1v) is 13.3. The maximum atomic E-state index is 15.7. The fourth-order valence-corrected chi connectivity index (χ4v) is 4.69. The van der Waals surface area contributed by atoms with E-state index in [1.807, 2.05) is 0 Å². The van der Waals surface area contributed by atoms with E-state index in [-0.39, 0.29) is 35.1 Å². The second kappa shape index (κ2) is 9.21. The highest BCUT2D eigenvalue weighted by Crippen LogP contribution is 2.36. The Hall–Kier alpha value is -2.21. The van der Waals surface area contributed by atoms with Gasteiger partial charge in [-0.3, -0.25) is 9.63 Å². The Kier molecular flexibility index (Phi) is 6.68. The van der Waals surface area contributed by atoms with Crippen molar-refractivity contribution in [2.24, 2.45) is 0 Å². The van der Waals surface area contributed by atoms with Crippen molar-refractivity contribution in [1.29, 1.82) is 0 Å². The number of hydrogen-bond acceptors (Lipinski definition) is 6. The van der Waals surface area contributed by atoms with Gasteiger partial charge in [-0.2, -0.15) is 0 Å². The molecule has 1 heterocycles. The molecule has 0 saturated heterocycles. The molecule has 1 amide bonds. The molecule has 0 aliphatic heterocycles. The van der Waals surface area contributed by atoms with Gasteiger partial charge in [0.1, 0.15) is 15.4 Å². The fraction of sp³-hybridized carbons (Fsp3) is 0.333. The third-order valence-electron chi connectivity index (χ3n) is 5.26. The van der Waals surface area contributed by atoms with E-state index >= 15 is 4.39 Å². The number of nitrogens with zero attached hydrogens (tertiary/aromatic N) is 3. The van der Waals surface area contributed by atoms with Crippen LogP contribution in [0.4, 0.5) is 15.8 Å². The molecule has 33 heavy (non-hydrogen) atoms. The number of nitrogens with one attached hydrogen (secondary N) is 1. The van der Waals surface area contributed by atoms with Crippen LogP contribution in [-0.4, -0.2) is 54.1 Å². The molecule has 1 aliphatic rings. The number of amides is 1. The van der Waals surface area contributed by atoms with Crippen LogP contribution in [0.25, 0.3) is 11.0 Å². The predicted octanol–water partition coefficient (Wildman–Crippen LogP) is 4.55. The first kappa shape index (κ1) is 23.9. The predicted molar refractivity (Wildman–Crippen MR) is 128 cm³/mol. The topological polar surface area (TPSA) is 93.5 Å². The number of benzene rings is 2. The summed E-state index contributed by atoms with van der Waals surface area (Å²) in [5.41, 5.74) is 0.644. The molecule has 3 aromatic rings. The van der Waals surface area contributed by atoms with Crippen molar-refractivity contribution >= 4 is 65.7 Å². The summed E-state index contributed by atoms with van der Waals surface area (Å²) < 4.78 is 41.2. The van der Waals surface area contributed by atoms with Crippen molar-refractivity contribution in [3.05, 3.63) is 51.5 Å². The average Bonchev–Trinajstić information content (AvgIpc) is 3.49. The lowest BCUT2D eigenvalue weighted by molar-refractivity contribution is -0.101. The van der Waals surface area contributed by atoms with Crippen LogP contribution in [0.15, 0.2) is 35.1 Å². The highest BCUT2D eigenvalue weighted by molar-refractivity contribution is 9.10. The van der Waals surface area contributed by atoms with E-state index in [0.29, 0.717) is 16.2 Å². The Balaban J connectivity index is 1.85. The van der Waals surface area contributed by atoms with Gasteiger partial charge in [0.25, 0.3) is 5.91 Å². The Labute approximate surface area is 203 Å². The molecule has 0 spiro atoms. The molecular weight excluding hydrogens is 539 g/mol. The lowest BCUT2D eigenvalue weighted by Crippen LogP contribution is -2.32. The van der Waals surface area contributed by atoms with Crippen LogP contribution in [0.2, 0.25) is 5.02 Å². The third kappa shape index (κ3) is 5.16. The van der Waals surface area contributed by atoms with Crippen molar-refractivity contribution in [3.8, 4) is 0 Å². The third-order valence-corrected chi connectivity index (χ3v) is 6.99. The minimum atomic E-state index is -3.25. The number of sulfone groups is 1. The zero-order chi connectivity index (χ0) is 23.9. The van der Waals surface area contributed by atoms with E-state index < -0.39 is 21.6 Å². The minimum Gasteiger partial charge on any atom is -0.351 e. The highest BCUT2D eigenvalue weighted by Gasteiger charge is 2.36. The monoisotopic (exact) mass is 558 g/mol. The van der Waals surface area contributed by atoms with Crippen LogP contribution < -0.4 is 5.32 Å². The first-order chi connectivity index (χ1) is 15.6. The van der Waals surface area contributed by atoms with Crippen molar-refractivity contribution < 1.29 is 22.4 Å². The lowest BCUT2D eigenvalue weighted by Gasteiger charge is -2.22. The van der Waals surface area contributed by atoms with Gasteiger partial charge in [-0.1, -0.05) is 27.5 Å². The number of rotatable bonds is 8. The van der Waals surface area contributed by atoms with Crippen LogP contribution in [0.1, 0.15) is 23.2 Å². The van der Waals surface area contributed by atoms with Gasteiger partial charge in [0.05, 0.1) is 52.7 Å². The molecule has 1 aromatic heterocycles. The molecule has 0 atom stereocenters. The van der Waals surface area contributed by atoms with Gasteiger partial charge in [0, 0.05) is 17.3 Å². The lowest BCUT2D eigenvalue weighted by atomic mass is 10.1. The number of hydroxylamine groups is 2. The number of carbonyl (C=O) groups excluding carboxylic acids is 1. The number of imidazole rings is 1. The first-order valence-electron chi connectivity index (χ1n) is 10.0. The number of aromatic nitrogens is 2. The van der Waals surface area contributed by atoms with E-state index in [1.54, 1.807) is 18.2 Å². The number of anilines is 2. The number of hydrogen-bond donors (Lipinski definition) is 1. The second-order valence-electron chi connectivity index (χ2n) is 7.84. The van der Waals surface area contributed by atoms with Crippen LogP contribution in [-0.2, 0) is 21.2 Å². The largest absolute Gasteiger partial charge is 0.351 e. The summed E-state index contributed by atoms with van der Waals surface area (Å²) in [6, 6.07) is 6.45. The second-order valence-corrected chi connectivity index (χ2v) is 11.4. The van der Waals surface area contributed by atoms with E-state index in [4.69, 9.17) is 16.4 Å². The summed E-state index contributed by atoms with van der Waals surface area (Å²) in [7, 11) is -1.86. The quantitative estimate of drug-likeness (QED) is 0.407. The van der Waals surface area contributed by atoms with Gasteiger partial charge in [-0.25, -0.2) is 22.9 Å². The summed E-state index contributed by atoms with van der Waals surface area (Å²) in [6.45, 7) is 0.0737. The minimum absolute atomic E-state index is 0.00572. The van der Waals surface area contributed by atoms with Crippen LogP contribution >= 0.6 is 27.5 Å². The summed E-state index contributed by atoms with van der Waals surface area (Å²) >= 11 is 9.64. The molecule has 1 aliphatic carbocycles. The molecule has 12 heteroatoms. The van der Waals surface area contributed by atoms with Crippen molar-refractivity contribution in [2.45, 2.75) is 25.4 Å². The van der Waals surface area contributed by atoms with Crippen molar-refractivity contribution in [3.63, 3.8) is 0 Å². The molecule has 1 N–H and O–H groups in total. The smallest absolute Gasteiger partial charge is 0.279 e. The molecule has 1 saturated carbocycles.